The molecule has 1 aliphatic carbocycles. The normalized spacial score (nSPS) is 32.0. The van der Waals surface area contributed by atoms with Gasteiger partial charge >= 0.3 is 0 Å². The maximum atomic E-state index is 12.6. The number of nitrogens with zero attached hydrogens (tertiary/aromatic N) is 1. The van der Waals surface area contributed by atoms with E-state index in [9.17, 15) is 9.59 Å². The van der Waals surface area contributed by atoms with Crippen LogP contribution >= 0.6 is 0 Å². The van der Waals surface area contributed by atoms with Gasteiger partial charge in [0.15, 0.2) is 0 Å². The van der Waals surface area contributed by atoms with Crippen molar-refractivity contribution < 1.29 is 9.59 Å². The van der Waals surface area contributed by atoms with Gasteiger partial charge in [0.2, 0.25) is 11.8 Å². The third-order valence-electron chi connectivity index (χ3n) is 5.46. The average Bonchev–Trinajstić information content (AvgIpc) is 2.50. The van der Waals surface area contributed by atoms with Gasteiger partial charge in [0.25, 0.3) is 0 Å². The number of piperazine rings is 1. The summed E-state index contributed by atoms with van der Waals surface area (Å²) in [6.07, 6.45) is 7.16. The Morgan fingerprint density at radius 1 is 1.14 bits per heavy atom. The van der Waals surface area contributed by atoms with Crippen molar-refractivity contribution in [3.8, 4) is 0 Å². The number of nitrogens with one attached hydrogen (secondary N) is 1. The molecule has 4 heteroatoms. The Balaban J connectivity index is 1.92. The SMILES string of the molecule is CCC1CCC(CN2CC(=O)NC(C(C)CC)C2=O)CC1. The maximum Gasteiger partial charge on any atom is 0.245 e. The number of hydrogen-bond donors (Lipinski definition) is 1. The van der Waals surface area contributed by atoms with Crippen molar-refractivity contribution in [3.63, 3.8) is 0 Å². The van der Waals surface area contributed by atoms with Gasteiger partial charge < -0.3 is 10.2 Å². The molecule has 1 saturated heterocycles. The van der Waals surface area contributed by atoms with Gasteiger partial charge in [-0.1, -0.05) is 46.5 Å². The molecule has 0 aromatic rings. The van der Waals surface area contributed by atoms with Crippen molar-refractivity contribution in [2.45, 2.75) is 65.3 Å². The summed E-state index contributed by atoms with van der Waals surface area (Å²) in [5.41, 5.74) is 0. The Morgan fingerprint density at radius 2 is 1.76 bits per heavy atom. The minimum Gasteiger partial charge on any atom is -0.342 e. The fourth-order valence-corrected chi connectivity index (χ4v) is 3.64. The van der Waals surface area contributed by atoms with Gasteiger partial charge in [0.1, 0.15) is 6.04 Å². The third-order valence-corrected chi connectivity index (χ3v) is 5.46. The summed E-state index contributed by atoms with van der Waals surface area (Å²) in [5, 5.41) is 2.87. The lowest BCUT2D eigenvalue weighted by atomic mass is 9.80. The van der Waals surface area contributed by atoms with Crippen LogP contribution in [0.5, 0.6) is 0 Å². The molecule has 2 rings (SSSR count). The van der Waals surface area contributed by atoms with Gasteiger partial charge in [-0.2, -0.15) is 0 Å². The molecule has 0 aromatic carbocycles. The maximum absolute atomic E-state index is 12.6. The molecule has 2 fully saturated rings. The van der Waals surface area contributed by atoms with Crippen LogP contribution in [-0.4, -0.2) is 35.8 Å². The summed E-state index contributed by atoms with van der Waals surface area (Å²) in [6.45, 7) is 7.39. The van der Waals surface area contributed by atoms with Crippen LogP contribution in [0.25, 0.3) is 0 Å². The van der Waals surface area contributed by atoms with E-state index in [-0.39, 0.29) is 30.3 Å². The number of amides is 2. The van der Waals surface area contributed by atoms with Crippen molar-refractivity contribution in [2.75, 3.05) is 13.1 Å². The van der Waals surface area contributed by atoms with Crippen LogP contribution in [0.4, 0.5) is 0 Å². The zero-order chi connectivity index (χ0) is 15.4. The Labute approximate surface area is 128 Å². The number of carbonyl (C=O) groups is 2. The van der Waals surface area contributed by atoms with Crippen LogP contribution in [0.2, 0.25) is 0 Å². The van der Waals surface area contributed by atoms with Crippen LogP contribution in [0, 0.1) is 17.8 Å². The van der Waals surface area contributed by atoms with E-state index in [0.717, 1.165) is 18.9 Å². The quantitative estimate of drug-likeness (QED) is 0.847. The number of rotatable bonds is 5. The first kappa shape index (κ1) is 16.3. The molecule has 1 aliphatic heterocycles. The van der Waals surface area contributed by atoms with Crippen LogP contribution in [0.1, 0.15) is 59.3 Å². The zero-order valence-corrected chi connectivity index (χ0v) is 13.7. The van der Waals surface area contributed by atoms with E-state index < -0.39 is 0 Å². The summed E-state index contributed by atoms with van der Waals surface area (Å²) in [4.78, 5) is 26.3. The molecular formula is C17H30N2O2. The molecule has 1 saturated carbocycles. The molecular weight excluding hydrogens is 264 g/mol. The summed E-state index contributed by atoms with van der Waals surface area (Å²) in [7, 11) is 0. The molecule has 2 aliphatic rings. The molecule has 0 radical (unpaired) electrons. The Kier molecular flexibility index (Phi) is 5.65. The lowest BCUT2D eigenvalue weighted by Crippen LogP contribution is -2.60. The Morgan fingerprint density at radius 3 is 2.33 bits per heavy atom. The number of hydrogen-bond acceptors (Lipinski definition) is 2. The van der Waals surface area contributed by atoms with E-state index in [4.69, 9.17) is 0 Å². The van der Waals surface area contributed by atoms with Crippen LogP contribution < -0.4 is 5.32 Å². The first-order valence-corrected chi connectivity index (χ1v) is 8.63. The molecule has 0 aromatic heterocycles. The van der Waals surface area contributed by atoms with E-state index in [0.29, 0.717) is 5.92 Å². The molecule has 2 unspecified atom stereocenters. The van der Waals surface area contributed by atoms with Crippen molar-refractivity contribution in [1.29, 1.82) is 0 Å². The first-order valence-electron chi connectivity index (χ1n) is 8.63. The highest BCUT2D eigenvalue weighted by atomic mass is 16.2. The smallest absolute Gasteiger partial charge is 0.245 e. The van der Waals surface area contributed by atoms with Gasteiger partial charge in [0.05, 0.1) is 6.54 Å². The average molecular weight is 294 g/mol. The van der Waals surface area contributed by atoms with Gasteiger partial charge in [-0.05, 0) is 30.6 Å². The van der Waals surface area contributed by atoms with Crippen molar-refractivity contribution in [3.05, 3.63) is 0 Å². The second-order valence-corrected chi connectivity index (χ2v) is 6.94. The second kappa shape index (κ2) is 7.28. The monoisotopic (exact) mass is 294 g/mol. The van der Waals surface area contributed by atoms with Crippen LogP contribution in [-0.2, 0) is 9.59 Å². The zero-order valence-electron chi connectivity index (χ0n) is 13.7. The fraction of sp³-hybridized carbons (Fsp3) is 0.882. The molecule has 0 spiro atoms. The van der Waals surface area contributed by atoms with E-state index in [2.05, 4.69) is 19.2 Å². The van der Waals surface area contributed by atoms with E-state index in [1.54, 1.807) is 0 Å². The van der Waals surface area contributed by atoms with Gasteiger partial charge in [-0.25, -0.2) is 0 Å². The highest BCUT2D eigenvalue weighted by Gasteiger charge is 2.36. The fourth-order valence-electron chi connectivity index (χ4n) is 3.64. The standard InChI is InChI=1S/C17H30N2O2/c1-4-12(3)16-17(21)19(11-15(20)18-16)10-14-8-6-13(5-2)7-9-14/h12-14,16H,4-11H2,1-3H3,(H,18,20). The minimum absolute atomic E-state index is 0.00199. The first-order chi connectivity index (χ1) is 10.0. The molecule has 0 bridgehead atoms. The van der Waals surface area contributed by atoms with Gasteiger partial charge in [-0.15, -0.1) is 0 Å². The molecule has 2 amide bonds. The molecule has 21 heavy (non-hydrogen) atoms. The van der Waals surface area contributed by atoms with Crippen molar-refractivity contribution in [2.24, 2.45) is 17.8 Å². The van der Waals surface area contributed by atoms with E-state index in [1.165, 1.54) is 32.1 Å². The van der Waals surface area contributed by atoms with Gasteiger partial charge in [-0.3, -0.25) is 9.59 Å². The summed E-state index contributed by atoms with van der Waals surface area (Å²) in [6, 6.07) is -0.316. The molecule has 1 N–H and O–H groups in total. The summed E-state index contributed by atoms with van der Waals surface area (Å²) < 4.78 is 0. The highest BCUT2D eigenvalue weighted by Crippen LogP contribution is 2.31. The van der Waals surface area contributed by atoms with Crippen molar-refractivity contribution >= 4 is 11.8 Å². The molecule has 2 atom stereocenters. The molecule has 1 heterocycles. The lowest BCUT2D eigenvalue weighted by molar-refractivity contribution is -0.146. The molecule has 4 nitrogen and oxygen atoms in total. The topological polar surface area (TPSA) is 49.4 Å². The third kappa shape index (κ3) is 3.98. The minimum atomic E-state index is -0.316. The largest absolute Gasteiger partial charge is 0.342 e. The summed E-state index contributed by atoms with van der Waals surface area (Å²) >= 11 is 0. The van der Waals surface area contributed by atoms with Crippen LogP contribution in [0.3, 0.4) is 0 Å². The lowest BCUT2D eigenvalue weighted by Gasteiger charge is -2.38. The highest BCUT2D eigenvalue weighted by molar-refractivity contribution is 5.95. The van der Waals surface area contributed by atoms with Gasteiger partial charge in [0, 0.05) is 6.54 Å². The van der Waals surface area contributed by atoms with Crippen LogP contribution in [0.15, 0.2) is 0 Å². The van der Waals surface area contributed by atoms with Crippen molar-refractivity contribution in [1.82, 2.24) is 10.2 Å². The van der Waals surface area contributed by atoms with E-state index in [1.807, 2.05) is 11.8 Å². The predicted octanol–water partition coefficient (Wildman–Crippen LogP) is 2.58. The second-order valence-electron chi connectivity index (χ2n) is 6.94. The predicted molar refractivity (Wildman–Crippen MR) is 83.7 cm³/mol. The Hall–Kier alpha value is -1.06. The number of carbonyl (C=O) groups excluding carboxylic acids is 2. The summed E-state index contributed by atoms with van der Waals surface area (Å²) in [5.74, 6) is 1.79. The molecule has 120 valence electrons. The van der Waals surface area contributed by atoms with E-state index >= 15 is 0 Å². The Bertz CT molecular complexity index is 375.